The summed E-state index contributed by atoms with van der Waals surface area (Å²) in [7, 11) is 3.29. The molecule has 2 aromatic carbocycles. The molecule has 12 heteroatoms. The number of halogens is 3. The van der Waals surface area contributed by atoms with E-state index < -0.39 is 22.9 Å². The predicted octanol–water partition coefficient (Wildman–Crippen LogP) is 18.0. The molecule has 0 fully saturated rings. The number of nitrogens with one attached hydrogen (secondary N) is 2. The van der Waals surface area contributed by atoms with Gasteiger partial charge in [0.05, 0.1) is 11.4 Å². The van der Waals surface area contributed by atoms with E-state index in [1.807, 2.05) is 60.6 Å². The molecule has 2 heterocycles. The minimum Gasteiger partial charge on any atom is -0.417 e. The highest BCUT2D eigenvalue weighted by atomic mass is 19.1. The van der Waals surface area contributed by atoms with Gasteiger partial charge in [-0.15, -0.1) is 0 Å². The number of nitrogens with two attached hydrogens (primary N) is 1. The maximum Gasteiger partial charge on any atom is 0.162 e. The highest BCUT2D eigenvalue weighted by Gasteiger charge is 2.28. The van der Waals surface area contributed by atoms with Crippen molar-refractivity contribution in [1.29, 1.82) is 0 Å². The lowest BCUT2D eigenvalue weighted by atomic mass is 9.78. The van der Waals surface area contributed by atoms with Crippen LogP contribution in [-0.2, 0) is 21.6 Å². The van der Waals surface area contributed by atoms with Gasteiger partial charge in [-0.05, 0) is 137 Å². The fraction of sp³-hybridized carbons (Fsp3) is 0.551. The normalized spacial score (nSPS) is 14.0. The molecule has 2 aromatic rings. The van der Waals surface area contributed by atoms with Gasteiger partial charge < -0.3 is 20.4 Å². The summed E-state index contributed by atoms with van der Waals surface area (Å²) in [6.45, 7) is 50.2. The lowest BCUT2D eigenvalue weighted by molar-refractivity contribution is -0.121. The second kappa shape index (κ2) is 43.2. The number of aliphatic imine (C=N–C) groups is 1. The van der Waals surface area contributed by atoms with E-state index >= 15 is 0 Å². The number of carbonyl (C=O) groups excluding carboxylic acids is 2. The largest absolute Gasteiger partial charge is 0.417 e. The summed E-state index contributed by atoms with van der Waals surface area (Å²) in [5.74, 6) is 5.91. The first kappa shape index (κ1) is 77.5. The molecule has 0 amide bonds. The SMILES string of the molecule is C=C(/C=C(\C)CN1CC=C(c2c(F)cc(C(C)=O)cc2F)CC1)/C(=C\C=NC)N1C=C(F)C(NC)=CC1=C.C=C(CCC(C)C)ON.CC.CC.CCCC(C)CNCc1ccc(C)c(C(C)(C)C(C)=O)c1.CCCC(CC)CCC. The van der Waals surface area contributed by atoms with Gasteiger partial charge in [0, 0.05) is 81.3 Å². The molecule has 2 aliphatic heterocycles. The average Bonchev–Trinajstić information content (AvgIpc) is 3.53. The lowest BCUT2D eigenvalue weighted by Gasteiger charge is -2.29. The predicted molar refractivity (Wildman–Crippen MR) is 344 cm³/mol. The van der Waals surface area contributed by atoms with Crippen molar-refractivity contribution in [2.75, 3.05) is 40.3 Å². The third-order valence-corrected chi connectivity index (χ3v) is 13.9. The number of likely N-dealkylation sites (N-methyl/N-ethyl adjacent to an activating group) is 1. The first-order chi connectivity index (χ1) is 38.3. The Morgan fingerprint density at radius 2 is 1.51 bits per heavy atom. The summed E-state index contributed by atoms with van der Waals surface area (Å²) in [4.78, 5) is 35.6. The summed E-state index contributed by atoms with van der Waals surface area (Å²) >= 11 is 0. The van der Waals surface area contributed by atoms with Crippen molar-refractivity contribution in [3.05, 3.63) is 160 Å². The number of nitrogens with zero attached hydrogens (tertiary/aromatic N) is 3. The number of hydrogen-bond acceptors (Lipinski definition) is 9. The second-order valence-electron chi connectivity index (χ2n) is 21.5. The molecule has 0 aliphatic carbocycles. The van der Waals surface area contributed by atoms with E-state index in [-0.39, 0.29) is 22.7 Å². The molecular formula is C69H111F3N6O3. The van der Waals surface area contributed by atoms with Gasteiger partial charge in [0.2, 0.25) is 0 Å². The zero-order valence-corrected chi connectivity index (χ0v) is 54.1. The van der Waals surface area contributed by atoms with Crippen LogP contribution in [0.15, 0.2) is 125 Å². The molecule has 0 saturated heterocycles. The van der Waals surface area contributed by atoms with Gasteiger partial charge in [-0.3, -0.25) is 19.5 Å². The van der Waals surface area contributed by atoms with E-state index in [0.29, 0.717) is 71.9 Å². The van der Waals surface area contributed by atoms with Crippen LogP contribution in [0.4, 0.5) is 13.2 Å². The van der Waals surface area contributed by atoms with Crippen molar-refractivity contribution >= 4 is 23.4 Å². The fourth-order valence-electron chi connectivity index (χ4n) is 8.99. The van der Waals surface area contributed by atoms with Crippen molar-refractivity contribution in [3.8, 4) is 0 Å². The molecule has 81 heavy (non-hydrogen) atoms. The third-order valence-electron chi connectivity index (χ3n) is 13.9. The van der Waals surface area contributed by atoms with E-state index in [0.717, 1.165) is 55.1 Å². The smallest absolute Gasteiger partial charge is 0.162 e. The Balaban J connectivity index is 0. The van der Waals surface area contributed by atoms with Gasteiger partial charge in [-0.25, -0.2) is 13.2 Å². The number of carbonyl (C=O) groups is 2. The summed E-state index contributed by atoms with van der Waals surface area (Å²) in [6.07, 6.45) is 22.0. The van der Waals surface area contributed by atoms with Crippen LogP contribution in [0, 0.1) is 36.3 Å². The maximum atomic E-state index is 14.6. The van der Waals surface area contributed by atoms with Crippen LogP contribution >= 0.6 is 0 Å². The van der Waals surface area contributed by atoms with Crippen LogP contribution in [0.3, 0.4) is 0 Å². The molecule has 0 spiro atoms. The van der Waals surface area contributed by atoms with Crippen LogP contribution in [0.5, 0.6) is 0 Å². The van der Waals surface area contributed by atoms with Crippen LogP contribution in [0.1, 0.15) is 208 Å². The molecule has 9 nitrogen and oxygen atoms in total. The van der Waals surface area contributed by atoms with Gasteiger partial charge in [0.25, 0.3) is 0 Å². The average molecular weight is 1130 g/mol. The Bertz CT molecular complexity index is 2400. The molecule has 1 atom stereocenters. The number of ketones is 2. The van der Waals surface area contributed by atoms with E-state index in [2.05, 4.69) is 119 Å². The third kappa shape index (κ3) is 29.3. The van der Waals surface area contributed by atoms with Crippen molar-refractivity contribution < 1.29 is 27.6 Å². The van der Waals surface area contributed by atoms with Gasteiger partial charge >= 0.3 is 0 Å². The molecule has 1 unspecified atom stereocenters. The Kier molecular flexibility index (Phi) is 41.3. The number of Topliss-reactive ketones (excluding diaryl/α,β-unsaturated/α-hetero) is 2. The summed E-state index contributed by atoms with van der Waals surface area (Å²) in [5, 5.41) is 6.33. The highest BCUT2D eigenvalue weighted by molar-refractivity contribution is 5.94. The fourth-order valence-corrected chi connectivity index (χ4v) is 8.99. The Hall–Kier alpha value is -5.56. The number of aryl methyl sites for hydroxylation is 1. The van der Waals surface area contributed by atoms with Crippen LogP contribution in [-0.4, -0.2) is 67.9 Å². The van der Waals surface area contributed by atoms with E-state index in [4.69, 9.17) is 5.90 Å². The summed E-state index contributed by atoms with van der Waals surface area (Å²) in [5.41, 5.74) is 6.94. The topological polar surface area (TPSA) is 112 Å². The van der Waals surface area contributed by atoms with Crippen LogP contribution in [0.25, 0.3) is 5.57 Å². The Morgan fingerprint density at radius 3 is 1.98 bits per heavy atom. The molecular weight excluding hydrogens is 1020 g/mol. The van der Waals surface area contributed by atoms with Crippen molar-refractivity contribution in [3.63, 3.8) is 0 Å². The molecule has 0 aromatic heterocycles. The van der Waals surface area contributed by atoms with Gasteiger partial charge in [0.15, 0.2) is 11.6 Å². The number of hydrogen-bond donors (Lipinski definition) is 3. The van der Waals surface area contributed by atoms with Crippen LogP contribution < -0.4 is 16.5 Å². The number of rotatable bonds is 26. The minimum atomic E-state index is -0.723. The maximum absolute atomic E-state index is 14.6. The standard InChI is InChI=1S/C30H33F3N4O.C19H31NO.C9H20.C7H15NO.2C2H6/c1-19(13-20(2)29(7-10-34-5)37-18-27(33)28(35-6)14-21(37)3)17-36-11-8-23(9-12-36)30-25(31)15-24(22(4)38)16-26(30)32;1-7-8-14(2)12-20-13-17-10-9-15(3)18(11-17)19(5,6)16(4)21;1-4-7-9(6-3)8-5-2;1-6(2)4-5-7(3)9-8;2*1-2/h7-8,10,13-16,18,35H,2-3,9,11-12,17H2,1,4-6H3;9-11,14,20H,7-8,12-13H2,1-6H3;9H,4-8H2,1-3H3;6H,3-5,8H2,1-2H3;2*1-2H3/b19-13+,29-7+,34-10?;;;;;. The van der Waals surface area contributed by atoms with E-state index in [1.165, 1.54) is 69.2 Å². The van der Waals surface area contributed by atoms with E-state index in [1.54, 1.807) is 44.3 Å². The monoisotopic (exact) mass is 1130 g/mol. The van der Waals surface area contributed by atoms with Crippen molar-refractivity contribution in [2.45, 2.75) is 194 Å². The molecule has 4 N–H and O–H groups in total. The summed E-state index contributed by atoms with van der Waals surface area (Å²) in [6, 6.07) is 8.66. The molecule has 4 rings (SSSR count). The lowest BCUT2D eigenvalue weighted by Crippen LogP contribution is -2.30. The zero-order valence-electron chi connectivity index (χ0n) is 54.1. The van der Waals surface area contributed by atoms with E-state index in [9.17, 15) is 22.8 Å². The highest BCUT2D eigenvalue weighted by Crippen LogP contribution is 2.32. The molecule has 456 valence electrons. The molecule has 0 radical (unpaired) electrons. The first-order valence-electron chi connectivity index (χ1n) is 29.9. The van der Waals surface area contributed by atoms with Crippen LogP contribution in [0.2, 0.25) is 0 Å². The quantitative estimate of drug-likeness (QED) is 0.0281. The molecule has 0 saturated carbocycles. The first-order valence-corrected chi connectivity index (χ1v) is 29.9. The Morgan fingerprint density at radius 1 is 0.914 bits per heavy atom. The number of allylic oxidation sites excluding steroid dienone is 5. The van der Waals surface area contributed by atoms with Crippen molar-refractivity contribution in [2.24, 2.45) is 28.6 Å². The van der Waals surface area contributed by atoms with Gasteiger partial charge in [-0.1, -0.05) is 170 Å². The number of benzene rings is 2. The second-order valence-corrected chi connectivity index (χ2v) is 21.5. The minimum absolute atomic E-state index is 0.0197. The Labute approximate surface area is 492 Å². The molecule has 0 bridgehead atoms. The zero-order chi connectivity index (χ0) is 62.4. The molecule has 2 aliphatic rings. The summed E-state index contributed by atoms with van der Waals surface area (Å²) < 4.78 is 43.7. The van der Waals surface area contributed by atoms with Gasteiger partial charge in [-0.2, -0.15) is 5.90 Å². The van der Waals surface area contributed by atoms with Gasteiger partial charge in [0.1, 0.15) is 23.2 Å². The van der Waals surface area contributed by atoms with Crippen molar-refractivity contribution in [1.82, 2.24) is 20.4 Å².